The van der Waals surface area contributed by atoms with Gasteiger partial charge < -0.3 is 10.1 Å². The highest BCUT2D eigenvalue weighted by Crippen LogP contribution is 1.96. The molecule has 11 heavy (non-hydrogen) atoms. The molecule has 1 aliphatic heterocycles. The van der Waals surface area contributed by atoms with Gasteiger partial charge in [0.05, 0.1) is 6.61 Å². The minimum Gasteiger partial charge on any atom is -0.499 e. The molecule has 0 aliphatic carbocycles. The van der Waals surface area contributed by atoms with Crippen molar-refractivity contribution in [2.75, 3.05) is 6.61 Å². The Labute approximate surface area is 63.4 Å². The van der Waals surface area contributed by atoms with Crippen molar-refractivity contribution in [3.63, 3.8) is 0 Å². The van der Waals surface area contributed by atoms with E-state index in [-0.39, 0.29) is 5.70 Å². The van der Waals surface area contributed by atoms with E-state index in [1.165, 1.54) is 6.26 Å². The van der Waals surface area contributed by atoms with Crippen LogP contribution in [0.1, 0.15) is 6.92 Å². The predicted octanol–water partition coefficient (Wildman–Crippen LogP) is -0.296. The number of nitrogens with one attached hydrogen (secondary N) is 2. The van der Waals surface area contributed by atoms with Crippen molar-refractivity contribution in [1.29, 1.82) is 0 Å². The highest BCUT2D eigenvalue weighted by Gasteiger charge is 2.22. The zero-order valence-corrected chi connectivity index (χ0v) is 6.01. The van der Waals surface area contributed by atoms with Gasteiger partial charge in [-0.15, -0.1) is 0 Å². The van der Waals surface area contributed by atoms with Gasteiger partial charge in [0.1, 0.15) is 12.0 Å². The summed E-state index contributed by atoms with van der Waals surface area (Å²) in [5, 5.41) is 4.31. The molecular weight excluding hydrogens is 148 g/mol. The largest absolute Gasteiger partial charge is 0.499 e. The van der Waals surface area contributed by atoms with Crippen molar-refractivity contribution >= 4 is 11.9 Å². The minimum atomic E-state index is -0.513. The van der Waals surface area contributed by atoms with Crippen LogP contribution in [0.15, 0.2) is 12.0 Å². The molecule has 1 fully saturated rings. The Morgan fingerprint density at radius 1 is 1.45 bits per heavy atom. The zero-order valence-electron chi connectivity index (χ0n) is 6.01. The molecule has 1 saturated heterocycles. The average Bonchev–Trinajstić information content (AvgIpc) is 2.26. The lowest BCUT2D eigenvalue weighted by Gasteiger charge is -1.94. The molecule has 5 nitrogen and oxygen atoms in total. The summed E-state index contributed by atoms with van der Waals surface area (Å²) in [5.74, 6) is -0.455. The van der Waals surface area contributed by atoms with E-state index in [2.05, 4.69) is 5.32 Å². The number of rotatable bonds is 2. The second-order valence-electron chi connectivity index (χ2n) is 1.90. The van der Waals surface area contributed by atoms with E-state index in [9.17, 15) is 9.59 Å². The molecule has 2 N–H and O–H groups in total. The minimum absolute atomic E-state index is 0.150. The molecule has 1 rings (SSSR count). The summed E-state index contributed by atoms with van der Waals surface area (Å²) in [7, 11) is 0. The van der Waals surface area contributed by atoms with Crippen LogP contribution in [-0.2, 0) is 9.53 Å². The SMILES string of the molecule is CCOC=C1NC(=O)NC1=O. The van der Waals surface area contributed by atoms with Gasteiger partial charge in [-0.25, -0.2) is 4.79 Å². The fourth-order valence-electron chi connectivity index (χ4n) is 0.630. The van der Waals surface area contributed by atoms with Crippen molar-refractivity contribution in [3.8, 4) is 0 Å². The lowest BCUT2D eigenvalue weighted by molar-refractivity contribution is -0.115. The second-order valence-corrected chi connectivity index (χ2v) is 1.90. The van der Waals surface area contributed by atoms with Gasteiger partial charge in [0.2, 0.25) is 0 Å². The summed E-state index contributed by atoms with van der Waals surface area (Å²) in [6.07, 6.45) is 1.22. The van der Waals surface area contributed by atoms with E-state index >= 15 is 0 Å². The summed E-state index contributed by atoms with van der Waals surface area (Å²) in [5.41, 5.74) is 0.150. The van der Waals surface area contributed by atoms with E-state index in [1.807, 2.05) is 5.32 Å². The van der Waals surface area contributed by atoms with Crippen molar-refractivity contribution in [3.05, 3.63) is 12.0 Å². The number of urea groups is 1. The Morgan fingerprint density at radius 2 is 2.18 bits per heavy atom. The molecule has 0 aromatic carbocycles. The molecule has 3 amide bonds. The number of carbonyl (C=O) groups excluding carboxylic acids is 2. The van der Waals surface area contributed by atoms with Crippen LogP contribution in [-0.4, -0.2) is 18.5 Å². The lowest BCUT2D eigenvalue weighted by Crippen LogP contribution is -2.22. The standard InChI is InChI=1S/C6H8N2O3/c1-2-11-3-4-5(9)8-6(10)7-4/h3H,2H2,1H3,(H2,7,8,9,10). The van der Waals surface area contributed by atoms with Gasteiger partial charge in [-0.3, -0.25) is 10.1 Å². The van der Waals surface area contributed by atoms with Crippen LogP contribution >= 0.6 is 0 Å². The molecule has 0 spiro atoms. The van der Waals surface area contributed by atoms with E-state index in [4.69, 9.17) is 4.74 Å². The number of hydrogen-bond donors (Lipinski definition) is 2. The fourth-order valence-corrected chi connectivity index (χ4v) is 0.630. The lowest BCUT2D eigenvalue weighted by atomic mass is 10.5. The highest BCUT2D eigenvalue weighted by atomic mass is 16.5. The topological polar surface area (TPSA) is 67.4 Å². The van der Waals surface area contributed by atoms with Gasteiger partial charge in [0.25, 0.3) is 5.91 Å². The van der Waals surface area contributed by atoms with Gasteiger partial charge >= 0.3 is 6.03 Å². The maximum absolute atomic E-state index is 10.7. The van der Waals surface area contributed by atoms with Crippen LogP contribution in [0.4, 0.5) is 4.79 Å². The van der Waals surface area contributed by atoms with Crippen molar-refractivity contribution in [2.45, 2.75) is 6.92 Å². The first-order valence-electron chi connectivity index (χ1n) is 3.18. The van der Waals surface area contributed by atoms with E-state index in [0.29, 0.717) is 6.61 Å². The third-order valence-electron chi connectivity index (χ3n) is 1.09. The summed E-state index contributed by atoms with van der Waals surface area (Å²) < 4.78 is 4.80. The molecule has 5 heteroatoms. The number of amides is 3. The normalized spacial score (nSPS) is 19.9. The van der Waals surface area contributed by atoms with Gasteiger partial charge in [-0.1, -0.05) is 0 Å². The molecular formula is C6H8N2O3. The van der Waals surface area contributed by atoms with Crippen LogP contribution in [0.3, 0.4) is 0 Å². The monoisotopic (exact) mass is 156 g/mol. The van der Waals surface area contributed by atoms with Crippen LogP contribution in [0.5, 0.6) is 0 Å². The number of ether oxygens (including phenoxy) is 1. The first-order valence-corrected chi connectivity index (χ1v) is 3.18. The molecule has 0 aromatic rings. The summed E-state index contributed by atoms with van der Waals surface area (Å²) in [4.78, 5) is 21.2. The van der Waals surface area contributed by atoms with Crippen LogP contribution < -0.4 is 10.6 Å². The fraction of sp³-hybridized carbons (Fsp3) is 0.333. The molecule has 0 unspecified atom stereocenters. The highest BCUT2D eigenvalue weighted by molar-refractivity contribution is 6.11. The van der Waals surface area contributed by atoms with Gasteiger partial charge in [-0.05, 0) is 6.92 Å². The van der Waals surface area contributed by atoms with Gasteiger partial charge in [-0.2, -0.15) is 0 Å². The summed E-state index contributed by atoms with van der Waals surface area (Å²) in [6.45, 7) is 2.25. The smallest absolute Gasteiger partial charge is 0.326 e. The van der Waals surface area contributed by atoms with Crippen LogP contribution in [0.25, 0.3) is 0 Å². The molecule has 0 saturated carbocycles. The predicted molar refractivity (Wildman–Crippen MR) is 36.4 cm³/mol. The quantitative estimate of drug-likeness (QED) is 0.328. The molecule has 1 aliphatic rings. The van der Waals surface area contributed by atoms with Gasteiger partial charge in [0, 0.05) is 0 Å². The zero-order chi connectivity index (χ0) is 8.27. The van der Waals surface area contributed by atoms with Crippen molar-refractivity contribution in [2.24, 2.45) is 0 Å². The Balaban J connectivity index is 2.59. The maximum Gasteiger partial charge on any atom is 0.326 e. The molecule has 0 aromatic heterocycles. The Bertz CT molecular complexity index is 222. The third kappa shape index (κ3) is 1.70. The Morgan fingerprint density at radius 3 is 2.64 bits per heavy atom. The van der Waals surface area contributed by atoms with E-state index in [0.717, 1.165) is 0 Å². The average molecular weight is 156 g/mol. The Hall–Kier alpha value is -1.52. The molecule has 60 valence electrons. The van der Waals surface area contributed by atoms with Gasteiger partial charge in [0.15, 0.2) is 0 Å². The third-order valence-corrected chi connectivity index (χ3v) is 1.09. The molecule has 0 bridgehead atoms. The molecule has 0 radical (unpaired) electrons. The summed E-state index contributed by atoms with van der Waals surface area (Å²) in [6, 6.07) is -0.513. The number of carbonyl (C=O) groups is 2. The molecule has 0 atom stereocenters. The van der Waals surface area contributed by atoms with E-state index in [1.54, 1.807) is 6.92 Å². The number of imide groups is 1. The molecule has 1 heterocycles. The summed E-state index contributed by atoms with van der Waals surface area (Å²) >= 11 is 0. The first kappa shape index (κ1) is 7.59. The number of hydrogen-bond acceptors (Lipinski definition) is 3. The first-order chi connectivity index (χ1) is 5.24. The Kier molecular flexibility index (Phi) is 2.10. The van der Waals surface area contributed by atoms with E-state index < -0.39 is 11.9 Å². The van der Waals surface area contributed by atoms with Crippen LogP contribution in [0.2, 0.25) is 0 Å². The van der Waals surface area contributed by atoms with Crippen molar-refractivity contribution < 1.29 is 14.3 Å². The van der Waals surface area contributed by atoms with Crippen molar-refractivity contribution in [1.82, 2.24) is 10.6 Å². The maximum atomic E-state index is 10.7. The second kappa shape index (κ2) is 3.05. The van der Waals surface area contributed by atoms with Crippen LogP contribution in [0, 0.1) is 0 Å².